The van der Waals surface area contributed by atoms with E-state index in [4.69, 9.17) is 4.74 Å². The van der Waals surface area contributed by atoms with Crippen LogP contribution in [-0.2, 0) is 16.1 Å². The molecule has 90 valence electrons. The van der Waals surface area contributed by atoms with E-state index in [-0.39, 0.29) is 12.5 Å². The summed E-state index contributed by atoms with van der Waals surface area (Å²) in [5, 5.41) is 5.17. The van der Waals surface area contributed by atoms with Gasteiger partial charge in [-0.15, -0.1) is 0 Å². The highest BCUT2D eigenvalue weighted by Crippen LogP contribution is 2.03. The molecule has 1 aliphatic heterocycles. The second kappa shape index (κ2) is 5.34. The highest BCUT2D eigenvalue weighted by atomic mass is 16.5. The minimum Gasteiger partial charge on any atom is -0.445 e. The minimum absolute atomic E-state index is 0.151. The molecule has 2 rings (SSSR count). The van der Waals surface area contributed by atoms with Crippen LogP contribution in [0, 0.1) is 0 Å². The lowest BCUT2D eigenvalue weighted by atomic mass is 10.2. The number of carbonyl (C=O) groups is 2. The van der Waals surface area contributed by atoms with Crippen molar-refractivity contribution in [2.75, 3.05) is 6.54 Å². The zero-order valence-corrected chi connectivity index (χ0v) is 9.31. The molecule has 1 aliphatic rings. The molecule has 1 saturated heterocycles. The number of nitrogens with one attached hydrogen (secondary N) is 2. The molecule has 1 heterocycles. The van der Waals surface area contributed by atoms with Gasteiger partial charge in [-0.25, -0.2) is 4.79 Å². The number of hydrogen-bond donors (Lipinski definition) is 2. The minimum atomic E-state index is -0.559. The highest BCUT2D eigenvalue weighted by molar-refractivity contribution is 5.87. The van der Waals surface area contributed by atoms with E-state index in [1.165, 1.54) is 0 Å². The Labute approximate surface area is 99.2 Å². The van der Waals surface area contributed by atoms with Gasteiger partial charge in [0.25, 0.3) is 0 Å². The van der Waals surface area contributed by atoms with Crippen LogP contribution in [0.4, 0.5) is 4.79 Å². The van der Waals surface area contributed by atoms with Crippen LogP contribution in [-0.4, -0.2) is 24.6 Å². The molecule has 17 heavy (non-hydrogen) atoms. The van der Waals surface area contributed by atoms with Gasteiger partial charge in [0.05, 0.1) is 0 Å². The van der Waals surface area contributed by atoms with Crippen molar-refractivity contribution in [3.63, 3.8) is 0 Å². The van der Waals surface area contributed by atoms with E-state index in [0.717, 1.165) is 5.56 Å². The molecule has 1 atom stereocenters. The number of ether oxygens (including phenoxy) is 1. The summed E-state index contributed by atoms with van der Waals surface area (Å²) >= 11 is 0. The Hall–Kier alpha value is -2.04. The molecule has 1 aromatic rings. The van der Waals surface area contributed by atoms with Crippen LogP contribution in [0.15, 0.2) is 30.3 Å². The van der Waals surface area contributed by atoms with Crippen LogP contribution >= 0.6 is 0 Å². The Kier molecular flexibility index (Phi) is 3.59. The molecule has 0 bridgehead atoms. The summed E-state index contributed by atoms with van der Waals surface area (Å²) in [5.74, 6) is -0.151. The largest absolute Gasteiger partial charge is 0.445 e. The van der Waals surface area contributed by atoms with Crippen molar-refractivity contribution in [2.45, 2.75) is 19.1 Å². The van der Waals surface area contributed by atoms with Gasteiger partial charge in [-0.2, -0.15) is 0 Å². The first kappa shape index (κ1) is 11.4. The molecular weight excluding hydrogens is 220 g/mol. The summed E-state index contributed by atoms with van der Waals surface area (Å²) in [7, 11) is 0. The predicted molar refractivity (Wildman–Crippen MR) is 61.2 cm³/mol. The average molecular weight is 234 g/mol. The van der Waals surface area contributed by atoms with Gasteiger partial charge in [0.2, 0.25) is 5.91 Å². The van der Waals surface area contributed by atoms with Crippen molar-refractivity contribution in [1.82, 2.24) is 10.6 Å². The molecule has 2 amide bonds. The van der Waals surface area contributed by atoms with Crippen LogP contribution in [0.5, 0.6) is 0 Å². The second-order valence-electron chi connectivity index (χ2n) is 3.84. The quantitative estimate of drug-likeness (QED) is 0.813. The Balaban J connectivity index is 1.76. The van der Waals surface area contributed by atoms with Gasteiger partial charge >= 0.3 is 6.09 Å². The van der Waals surface area contributed by atoms with Crippen LogP contribution < -0.4 is 10.6 Å². The third kappa shape index (κ3) is 3.21. The molecular formula is C12H14N2O3. The molecule has 0 radical (unpaired) electrons. The zero-order valence-electron chi connectivity index (χ0n) is 9.31. The van der Waals surface area contributed by atoms with Gasteiger partial charge in [-0.05, 0) is 12.0 Å². The van der Waals surface area contributed by atoms with Gasteiger partial charge in [0.1, 0.15) is 12.6 Å². The second-order valence-corrected chi connectivity index (χ2v) is 3.84. The van der Waals surface area contributed by atoms with E-state index in [9.17, 15) is 9.59 Å². The fraction of sp³-hybridized carbons (Fsp3) is 0.333. The monoisotopic (exact) mass is 234 g/mol. The maximum Gasteiger partial charge on any atom is 0.408 e. The van der Waals surface area contributed by atoms with E-state index in [1.807, 2.05) is 30.3 Å². The molecule has 2 N–H and O–H groups in total. The van der Waals surface area contributed by atoms with Crippen molar-refractivity contribution in [2.24, 2.45) is 0 Å². The Morgan fingerprint density at radius 1 is 1.41 bits per heavy atom. The van der Waals surface area contributed by atoms with Crippen LogP contribution in [0.1, 0.15) is 12.0 Å². The first-order valence-electron chi connectivity index (χ1n) is 5.50. The van der Waals surface area contributed by atoms with Gasteiger partial charge in [-0.1, -0.05) is 30.3 Å². The number of carbonyl (C=O) groups excluding carboxylic acids is 2. The van der Waals surface area contributed by atoms with Crippen LogP contribution in [0.2, 0.25) is 0 Å². The molecule has 0 saturated carbocycles. The lowest BCUT2D eigenvalue weighted by molar-refractivity contribution is -0.120. The predicted octanol–water partition coefficient (Wildman–Crippen LogP) is 0.801. The van der Waals surface area contributed by atoms with E-state index in [0.29, 0.717) is 13.0 Å². The first-order chi connectivity index (χ1) is 8.25. The number of alkyl carbamates (subject to hydrolysis) is 1. The SMILES string of the molecule is O=C(N[C@H]1CCNC1=O)OCc1ccccc1. The molecule has 1 aromatic carbocycles. The molecule has 0 aromatic heterocycles. The van der Waals surface area contributed by atoms with Gasteiger partial charge in [-0.3, -0.25) is 4.79 Å². The molecule has 5 nitrogen and oxygen atoms in total. The lowest BCUT2D eigenvalue weighted by Crippen LogP contribution is -2.40. The third-order valence-electron chi connectivity index (χ3n) is 2.55. The molecule has 0 unspecified atom stereocenters. The smallest absolute Gasteiger partial charge is 0.408 e. The lowest BCUT2D eigenvalue weighted by Gasteiger charge is -2.10. The topological polar surface area (TPSA) is 67.4 Å². The Morgan fingerprint density at radius 2 is 2.18 bits per heavy atom. The maximum absolute atomic E-state index is 11.4. The molecule has 5 heteroatoms. The number of hydrogen-bond acceptors (Lipinski definition) is 3. The van der Waals surface area contributed by atoms with Crippen molar-refractivity contribution >= 4 is 12.0 Å². The Bertz CT molecular complexity index is 405. The van der Waals surface area contributed by atoms with E-state index < -0.39 is 12.1 Å². The summed E-state index contributed by atoms with van der Waals surface area (Å²) in [6.07, 6.45) is 0.0510. The van der Waals surface area contributed by atoms with Gasteiger partial charge < -0.3 is 15.4 Å². The summed E-state index contributed by atoms with van der Waals surface area (Å²) in [5.41, 5.74) is 0.915. The number of amides is 2. The molecule has 1 fully saturated rings. The van der Waals surface area contributed by atoms with Crippen molar-refractivity contribution < 1.29 is 14.3 Å². The standard InChI is InChI=1S/C12H14N2O3/c15-11-10(6-7-13-11)14-12(16)17-8-9-4-2-1-3-5-9/h1-5,10H,6-8H2,(H,13,15)(H,14,16)/t10-/m0/s1. The normalized spacial score (nSPS) is 18.6. The molecule has 0 spiro atoms. The first-order valence-corrected chi connectivity index (χ1v) is 5.50. The summed E-state index contributed by atoms with van der Waals surface area (Å²) in [6.45, 7) is 0.809. The zero-order chi connectivity index (χ0) is 12.1. The molecule has 0 aliphatic carbocycles. The maximum atomic E-state index is 11.4. The van der Waals surface area contributed by atoms with Crippen LogP contribution in [0.25, 0.3) is 0 Å². The van der Waals surface area contributed by atoms with Gasteiger partial charge in [0, 0.05) is 6.54 Å². The van der Waals surface area contributed by atoms with E-state index >= 15 is 0 Å². The van der Waals surface area contributed by atoms with E-state index in [1.54, 1.807) is 0 Å². The van der Waals surface area contributed by atoms with Crippen molar-refractivity contribution in [1.29, 1.82) is 0 Å². The fourth-order valence-corrected chi connectivity index (χ4v) is 1.64. The van der Waals surface area contributed by atoms with Gasteiger partial charge in [0.15, 0.2) is 0 Å². The summed E-state index contributed by atoms with van der Waals surface area (Å²) < 4.78 is 5.01. The third-order valence-corrected chi connectivity index (χ3v) is 2.55. The highest BCUT2D eigenvalue weighted by Gasteiger charge is 2.25. The number of benzene rings is 1. The fourth-order valence-electron chi connectivity index (χ4n) is 1.64. The van der Waals surface area contributed by atoms with E-state index in [2.05, 4.69) is 10.6 Å². The van der Waals surface area contributed by atoms with Crippen LogP contribution in [0.3, 0.4) is 0 Å². The summed E-state index contributed by atoms with van der Waals surface area (Å²) in [4.78, 5) is 22.6. The average Bonchev–Trinajstić information content (AvgIpc) is 2.74. The Morgan fingerprint density at radius 3 is 2.82 bits per heavy atom. The van der Waals surface area contributed by atoms with Crippen molar-refractivity contribution in [3.05, 3.63) is 35.9 Å². The summed E-state index contributed by atoms with van der Waals surface area (Å²) in [6, 6.07) is 8.93. The van der Waals surface area contributed by atoms with Crippen molar-refractivity contribution in [3.8, 4) is 0 Å². The number of rotatable bonds is 3.